The number of imidazole rings is 1. The highest BCUT2D eigenvalue weighted by molar-refractivity contribution is 9.10. The Balaban J connectivity index is 2.70. The summed E-state index contributed by atoms with van der Waals surface area (Å²) in [5.74, 6) is 0. The van der Waals surface area contributed by atoms with Gasteiger partial charge in [-0.1, -0.05) is 20.8 Å². The fraction of sp³-hybridized carbons (Fsp3) is 0.500. The molecule has 0 fully saturated rings. The Morgan fingerprint density at radius 2 is 2.12 bits per heavy atom. The van der Waals surface area contributed by atoms with Crippen molar-refractivity contribution in [3.05, 3.63) is 21.5 Å². The molecule has 0 aliphatic rings. The summed E-state index contributed by atoms with van der Waals surface area (Å²) in [4.78, 5) is 7.66. The summed E-state index contributed by atoms with van der Waals surface area (Å²) < 4.78 is 3.78. The molecule has 0 aliphatic heterocycles. The number of hydrogen-bond donors (Lipinski definition) is 1. The van der Waals surface area contributed by atoms with Crippen LogP contribution in [0.2, 0.25) is 0 Å². The average molecular weight is 314 g/mol. The number of aromatic amines is 1. The fourth-order valence-corrected chi connectivity index (χ4v) is 2.42. The van der Waals surface area contributed by atoms with Crippen molar-refractivity contribution in [2.24, 2.45) is 5.41 Å². The van der Waals surface area contributed by atoms with Crippen LogP contribution in [0.1, 0.15) is 33.7 Å². The van der Waals surface area contributed by atoms with Crippen molar-refractivity contribution in [3.8, 4) is 0 Å². The molecule has 3 nitrogen and oxygen atoms in total. The molecule has 92 valence electrons. The van der Waals surface area contributed by atoms with Crippen LogP contribution >= 0.6 is 28.1 Å². The minimum absolute atomic E-state index is 0.141. The van der Waals surface area contributed by atoms with Crippen LogP contribution in [0.25, 0.3) is 11.2 Å². The molecular formula is C12H16BrN3S. The lowest BCUT2D eigenvalue weighted by Crippen LogP contribution is -2.21. The van der Waals surface area contributed by atoms with Crippen molar-refractivity contribution < 1.29 is 0 Å². The van der Waals surface area contributed by atoms with Crippen molar-refractivity contribution in [2.75, 3.05) is 0 Å². The van der Waals surface area contributed by atoms with E-state index in [1.807, 2.05) is 6.07 Å². The number of hydrogen-bond acceptors (Lipinski definition) is 2. The third kappa shape index (κ3) is 2.31. The number of rotatable bonds is 1. The van der Waals surface area contributed by atoms with Crippen molar-refractivity contribution in [1.82, 2.24) is 14.5 Å². The highest BCUT2D eigenvalue weighted by Gasteiger charge is 2.24. The van der Waals surface area contributed by atoms with Crippen LogP contribution in [-0.4, -0.2) is 14.5 Å². The van der Waals surface area contributed by atoms with Gasteiger partial charge in [-0.25, -0.2) is 4.98 Å². The van der Waals surface area contributed by atoms with Gasteiger partial charge in [0.05, 0.1) is 5.52 Å². The minimum atomic E-state index is 0.141. The molecule has 2 aromatic rings. The first-order valence-corrected chi connectivity index (χ1v) is 6.76. The zero-order chi connectivity index (χ0) is 12.8. The molecule has 5 heteroatoms. The summed E-state index contributed by atoms with van der Waals surface area (Å²) in [5, 5.41) is 0. The normalized spacial score (nSPS) is 14.2. The maximum absolute atomic E-state index is 5.39. The lowest BCUT2D eigenvalue weighted by molar-refractivity contribution is 0.265. The Bertz CT molecular complexity index is 606. The predicted molar refractivity (Wildman–Crippen MR) is 76.8 cm³/mol. The molecule has 2 heterocycles. The van der Waals surface area contributed by atoms with Gasteiger partial charge in [-0.2, -0.15) is 0 Å². The topological polar surface area (TPSA) is 33.6 Å². The summed E-state index contributed by atoms with van der Waals surface area (Å²) in [6, 6.07) is 2.29. The maximum atomic E-state index is 5.39. The first-order chi connectivity index (χ1) is 7.80. The summed E-state index contributed by atoms with van der Waals surface area (Å²) >= 11 is 8.81. The second kappa shape index (κ2) is 4.21. The first-order valence-electron chi connectivity index (χ1n) is 5.56. The number of fused-ring (bicyclic) bond motifs is 1. The third-order valence-corrected chi connectivity index (χ3v) is 3.89. The quantitative estimate of drug-likeness (QED) is 0.788. The van der Waals surface area contributed by atoms with Gasteiger partial charge in [-0.3, -0.25) is 4.57 Å². The van der Waals surface area contributed by atoms with Gasteiger partial charge in [0.2, 0.25) is 0 Å². The van der Waals surface area contributed by atoms with Crippen molar-refractivity contribution in [2.45, 2.75) is 33.7 Å². The molecule has 0 saturated carbocycles. The van der Waals surface area contributed by atoms with Crippen molar-refractivity contribution >= 4 is 39.3 Å². The van der Waals surface area contributed by atoms with E-state index in [1.54, 1.807) is 6.20 Å². The SMILES string of the molecule is CC(n1c(=S)[nH]c2cc(Br)cnc21)C(C)(C)C. The van der Waals surface area contributed by atoms with Crippen LogP contribution in [0.3, 0.4) is 0 Å². The van der Waals surface area contributed by atoms with E-state index in [9.17, 15) is 0 Å². The van der Waals surface area contributed by atoms with Crippen LogP contribution in [0, 0.1) is 10.2 Å². The van der Waals surface area contributed by atoms with E-state index in [4.69, 9.17) is 12.2 Å². The standard InChI is InChI=1S/C12H16BrN3S/c1-7(12(2,3)4)16-10-9(15-11(16)17)5-8(13)6-14-10/h5-7H,1-4H3,(H,15,17). The molecule has 0 aromatic carbocycles. The van der Waals surface area contributed by atoms with Gasteiger partial charge in [-0.15, -0.1) is 0 Å². The van der Waals surface area contributed by atoms with E-state index in [0.717, 1.165) is 20.4 Å². The van der Waals surface area contributed by atoms with Gasteiger partial charge in [0.15, 0.2) is 10.4 Å². The number of halogens is 1. The van der Waals surface area contributed by atoms with Gasteiger partial charge in [0, 0.05) is 16.7 Å². The Labute approximate surface area is 114 Å². The van der Waals surface area contributed by atoms with Crippen molar-refractivity contribution in [3.63, 3.8) is 0 Å². The second-order valence-electron chi connectivity index (χ2n) is 5.37. The van der Waals surface area contributed by atoms with Crippen LogP contribution in [0.4, 0.5) is 0 Å². The van der Waals surface area contributed by atoms with Crippen LogP contribution in [0.15, 0.2) is 16.7 Å². The van der Waals surface area contributed by atoms with Crippen LogP contribution in [0.5, 0.6) is 0 Å². The van der Waals surface area contributed by atoms with Crippen molar-refractivity contribution in [1.29, 1.82) is 0 Å². The highest BCUT2D eigenvalue weighted by atomic mass is 79.9. The summed E-state index contributed by atoms with van der Waals surface area (Å²) in [6.45, 7) is 8.79. The Kier molecular flexibility index (Phi) is 3.16. The second-order valence-corrected chi connectivity index (χ2v) is 6.67. The largest absolute Gasteiger partial charge is 0.329 e. The first kappa shape index (κ1) is 12.8. The Morgan fingerprint density at radius 3 is 2.71 bits per heavy atom. The zero-order valence-electron chi connectivity index (χ0n) is 10.4. The molecule has 0 amide bonds. The molecule has 2 aromatic heterocycles. The Hall–Kier alpha value is -0.680. The molecular weight excluding hydrogens is 298 g/mol. The highest BCUT2D eigenvalue weighted by Crippen LogP contribution is 2.32. The van der Waals surface area contributed by atoms with Crippen LogP contribution < -0.4 is 0 Å². The number of pyridine rings is 1. The maximum Gasteiger partial charge on any atom is 0.179 e. The summed E-state index contributed by atoms with van der Waals surface area (Å²) in [7, 11) is 0. The van der Waals surface area contributed by atoms with Gasteiger partial charge in [0.25, 0.3) is 0 Å². The number of H-pyrrole nitrogens is 1. The monoisotopic (exact) mass is 313 g/mol. The summed E-state index contributed by atoms with van der Waals surface area (Å²) in [6.07, 6.45) is 1.80. The molecule has 1 unspecified atom stereocenters. The molecule has 0 spiro atoms. The number of nitrogens with zero attached hydrogens (tertiary/aromatic N) is 2. The van der Waals surface area contributed by atoms with Crippen LogP contribution in [-0.2, 0) is 0 Å². The average Bonchev–Trinajstić information content (AvgIpc) is 2.50. The molecule has 0 radical (unpaired) electrons. The lowest BCUT2D eigenvalue weighted by atomic mass is 9.88. The van der Waals surface area contributed by atoms with E-state index < -0.39 is 0 Å². The van der Waals surface area contributed by atoms with Gasteiger partial charge in [0.1, 0.15) is 0 Å². The molecule has 0 bridgehead atoms. The minimum Gasteiger partial charge on any atom is -0.329 e. The fourth-order valence-electron chi connectivity index (χ4n) is 1.73. The van der Waals surface area contributed by atoms with E-state index >= 15 is 0 Å². The summed E-state index contributed by atoms with van der Waals surface area (Å²) in [5.41, 5.74) is 2.03. The van der Waals surface area contributed by atoms with E-state index in [-0.39, 0.29) is 11.5 Å². The van der Waals surface area contributed by atoms with E-state index in [2.05, 4.69) is 58.2 Å². The molecule has 0 aliphatic carbocycles. The third-order valence-electron chi connectivity index (χ3n) is 3.16. The van der Waals surface area contributed by atoms with Gasteiger partial charge in [-0.05, 0) is 46.6 Å². The smallest absolute Gasteiger partial charge is 0.179 e. The molecule has 0 saturated heterocycles. The number of aromatic nitrogens is 3. The molecule has 2 rings (SSSR count). The predicted octanol–water partition coefficient (Wildman–Crippen LogP) is 4.46. The van der Waals surface area contributed by atoms with E-state index in [0.29, 0.717) is 0 Å². The van der Waals surface area contributed by atoms with E-state index in [1.165, 1.54) is 0 Å². The molecule has 1 N–H and O–H groups in total. The van der Waals surface area contributed by atoms with Gasteiger partial charge >= 0.3 is 0 Å². The Morgan fingerprint density at radius 1 is 1.47 bits per heavy atom. The zero-order valence-corrected chi connectivity index (χ0v) is 12.8. The van der Waals surface area contributed by atoms with Gasteiger partial charge < -0.3 is 4.98 Å². The lowest BCUT2D eigenvalue weighted by Gasteiger charge is -2.28. The molecule has 1 atom stereocenters. The molecule has 17 heavy (non-hydrogen) atoms. The number of nitrogens with one attached hydrogen (secondary N) is 1.